The number of rotatable bonds is 2. The van der Waals surface area contributed by atoms with E-state index in [-0.39, 0.29) is 17.3 Å². The van der Waals surface area contributed by atoms with Gasteiger partial charge in [0.15, 0.2) is 0 Å². The molecule has 2 rings (SSSR count). The molecule has 1 aromatic rings. The SMILES string of the molecule is CC1(C)CCCC([C@H](O)c2cccc(O)c2)N1. The standard InChI is InChI=1S/C14H21NO2/c1-14(2)8-4-7-12(15-14)13(17)10-5-3-6-11(16)9-10/h3,5-6,9,12-13,15-17H,4,7-8H2,1-2H3/t12?,13-/m1/s1. The number of hydrogen-bond donors (Lipinski definition) is 3. The fourth-order valence-corrected chi connectivity index (χ4v) is 2.59. The van der Waals surface area contributed by atoms with E-state index in [0.717, 1.165) is 24.8 Å². The number of aromatic hydroxyl groups is 1. The Labute approximate surface area is 102 Å². The maximum atomic E-state index is 10.3. The van der Waals surface area contributed by atoms with Gasteiger partial charge in [-0.25, -0.2) is 0 Å². The van der Waals surface area contributed by atoms with Crippen molar-refractivity contribution >= 4 is 0 Å². The molecule has 3 nitrogen and oxygen atoms in total. The normalized spacial score (nSPS) is 25.5. The van der Waals surface area contributed by atoms with Gasteiger partial charge in [0.2, 0.25) is 0 Å². The van der Waals surface area contributed by atoms with Gasteiger partial charge in [-0.05, 0) is 50.8 Å². The average molecular weight is 235 g/mol. The van der Waals surface area contributed by atoms with E-state index in [1.807, 2.05) is 6.07 Å². The van der Waals surface area contributed by atoms with Gasteiger partial charge in [-0.1, -0.05) is 12.1 Å². The minimum atomic E-state index is -0.554. The van der Waals surface area contributed by atoms with Gasteiger partial charge in [-0.2, -0.15) is 0 Å². The molecule has 0 aromatic heterocycles. The molecule has 3 heteroatoms. The fourth-order valence-electron chi connectivity index (χ4n) is 2.59. The molecule has 1 aliphatic heterocycles. The molecule has 0 radical (unpaired) electrons. The highest BCUT2D eigenvalue weighted by Crippen LogP contribution is 2.29. The Morgan fingerprint density at radius 3 is 2.82 bits per heavy atom. The molecule has 0 saturated carbocycles. The molecule has 0 aliphatic carbocycles. The lowest BCUT2D eigenvalue weighted by molar-refractivity contribution is 0.0843. The van der Waals surface area contributed by atoms with Crippen LogP contribution in [0, 0.1) is 0 Å². The molecule has 0 amide bonds. The van der Waals surface area contributed by atoms with Crippen molar-refractivity contribution < 1.29 is 10.2 Å². The predicted molar refractivity (Wildman–Crippen MR) is 67.9 cm³/mol. The van der Waals surface area contributed by atoms with Crippen molar-refractivity contribution in [3.63, 3.8) is 0 Å². The second-order valence-electron chi connectivity index (χ2n) is 5.57. The molecule has 1 fully saturated rings. The molecule has 1 aliphatic rings. The Bertz CT molecular complexity index is 390. The molecule has 17 heavy (non-hydrogen) atoms. The van der Waals surface area contributed by atoms with Crippen LogP contribution in [0.1, 0.15) is 44.8 Å². The van der Waals surface area contributed by atoms with Crippen LogP contribution in [0.5, 0.6) is 5.75 Å². The molecule has 0 bridgehead atoms. The highest BCUT2D eigenvalue weighted by Gasteiger charge is 2.31. The van der Waals surface area contributed by atoms with Gasteiger partial charge in [0, 0.05) is 11.6 Å². The quantitative estimate of drug-likeness (QED) is 0.737. The summed E-state index contributed by atoms with van der Waals surface area (Å²) in [6, 6.07) is 6.94. The van der Waals surface area contributed by atoms with Gasteiger partial charge in [0.05, 0.1) is 6.10 Å². The fraction of sp³-hybridized carbons (Fsp3) is 0.571. The summed E-state index contributed by atoms with van der Waals surface area (Å²) in [5.74, 6) is 0.205. The van der Waals surface area contributed by atoms with Crippen molar-refractivity contribution in [1.29, 1.82) is 0 Å². The Balaban J connectivity index is 2.12. The van der Waals surface area contributed by atoms with Gasteiger partial charge in [0.1, 0.15) is 5.75 Å². The lowest BCUT2D eigenvalue weighted by atomic mass is 9.85. The lowest BCUT2D eigenvalue weighted by Gasteiger charge is -2.39. The van der Waals surface area contributed by atoms with Crippen molar-refractivity contribution in [1.82, 2.24) is 5.32 Å². The van der Waals surface area contributed by atoms with Crippen LogP contribution in [-0.2, 0) is 0 Å². The second-order valence-corrected chi connectivity index (χ2v) is 5.57. The Hall–Kier alpha value is -1.06. The van der Waals surface area contributed by atoms with Crippen LogP contribution in [0.15, 0.2) is 24.3 Å². The van der Waals surface area contributed by atoms with E-state index in [4.69, 9.17) is 0 Å². The van der Waals surface area contributed by atoms with E-state index in [1.54, 1.807) is 18.2 Å². The third-order valence-corrected chi connectivity index (χ3v) is 3.49. The second kappa shape index (κ2) is 4.67. The van der Waals surface area contributed by atoms with Crippen LogP contribution in [0.3, 0.4) is 0 Å². The average Bonchev–Trinajstić information content (AvgIpc) is 2.26. The summed E-state index contributed by atoms with van der Waals surface area (Å²) < 4.78 is 0. The first-order valence-corrected chi connectivity index (χ1v) is 6.23. The number of benzene rings is 1. The molecule has 1 saturated heterocycles. The molecule has 3 N–H and O–H groups in total. The molecule has 1 heterocycles. The minimum Gasteiger partial charge on any atom is -0.508 e. The zero-order valence-electron chi connectivity index (χ0n) is 10.5. The number of nitrogens with one attached hydrogen (secondary N) is 1. The number of aliphatic hydroxyl groups is 1. The topological polar surface area (TPSA) is 52.5 Å². The van der Waals surface area contributed by atoms with Crippen LogP contribution < -0.4 is 5.32 Å². The molecular weight excluding hydrogens is 214 g/mol. The summed E-state index contributed by atoms with van der Waals surface area (Å²) in [5, 5.41) is 23.2. The first-order chi connectivity index (χ1) is 7.98. The zero-order chi connectivity index (χ0) is 12.5. The monoisotopic (exact) mass is 235 g/mol. The number of piperidine rings is 1. The van der Waals surface area contributed by atoms with E-state index in [0.29, 0.717) is 0 Å². The minimum absolute atomic E-state index is 0.0700. The third-order valence-electron chi connectivity index (χ3n) is 3.49. The van der Waals surface area contributed by atoms with Crippen LogP contribution in [0.2, 0.25) is 0 Å². The molecule has 2 atom stereocenters. The van der Waals surface area contributed by atoms with E-state index in [2.05, 4.69) is 19.2 Å². The molecule has 1 unspecified atom stereocenters. The van der Waals surface area contributed by atoms with Gasteiger partial charge >= 0.3 is 0 Å². The van der Waals surface area contributed by atoms with Gasteiger partial charge in [-0.3, -0.25) is 0 Å². The maximum Gasteiger partial charge on any atom is 0.115 e. The van der Waals surface area contributed by atoms with E-state index < -0.39 is 6.10 Å². The van der Waals surface area contributed by atoms with Crippen molar-refractivity contribution in [2.45, 2.75) is 50.8 Å². The van der Waals surface area contributed by atoms with Crippen LogP contribution in [0.25, 0.3) is 0 Å². The number of phenolic OH excluding ortho intramolecular Hbond substituents is 1. The number of hydrogen-bond acceptors (Lipinski definition) is 3. The largest absolute Gasteiger partial charge is 0.508 e. The highest BCUT2D eigenvalue weighted by atomic mass is 16.3. The van der Waals surface area contributed by atoms with Gasteiger partial charge < -0.3 is 15.5 Å². The summed E-state index contributed by atoms with van der Waals surface area (Å²) in [5.41, 5.74) is 0.862. The third kappa shape index (κ3) is 2.99. The van der Waals surface area contributed by atoms with E-state index in [1.165, 1.54) is 0 Å². The number of aliphatic hydroxyl groups excluding tert-OH is 1. The van der Waals surface area contributed by atoms with E-state index >= 15 is 0 Å². The molecule has 0 spiro atoms. The molecule has 94 valence electrons. The number of phenols is 1. The van der Waals surface area contributed by atoms with Crippen LogP contribution in [-0.4, -0.2) is 21.8 Å². The van der Waals surface area contributed by atoms with Crippen molar-refractivity contribution in [2.75, 3.05) is 0 Å². The maximum absolute atomic E-state index is 10.3. The highest BCUT2D eigenvalue weighted by molar-refractivity contribution is 5.29. The van der Waals surface area contributed by atoms with Crippen molar-refractivity contribution in [2.24, 2.45) is 0 Å². The van der Waals surface area contributed by atoms with Gasteiger partial charge in [-0.15, -0.1) is 0 Å². The molecule has 1 aromatic carbocycles. The smallest absolute Gasteiger partial charge is 0.115 e. The summed E-state index contributed by atoms with van der Waals surface area (Å²) in [4.78, 5) is 0. The van der Waals surface area contributed by atoms with Gasteiger partial charge in [0.25, 0.3) is 0 Å². The first-order valence-electron chi connectivity index (χ1n) is 6.23. The summed E-state index contributed by atoms with van der Waals surface area (Å²) in [6.07, 6.45) is 2.68. The summed E-state index contributed by atoms with van der Waals surface area (Å²) in [6.45, 7) is 4.32. The predicted octanol–water partition coefficient (Wildman–Crippen LogP) is 2.35. The molecular formula is C14H21NO2. The van der Waals surface area contributed by atoms with E-state index in [9.17, 15) is 10.2 Å². The van der Waals surface area contributed by atoms with Crippen LogP contribution >= 0.6 is 0 Å². The van der Waals surface area contributed by atoms with Crippen molar-refractivity contribution in [3.05, 3.63) is 29.8 Å². The summed E-state index contributed by atoms with van der Waals surface area (Å²) in [7, 11) is 0. The Morgan fingerprint density at radius 2 is 2.18 bits per heavy atom. The lowest BCUT2D eigenvalue weighted by Crippen LogP contribution is -2.51. The van der Waals surface area contributed by atoms with Crippen molar-refractivity contribution in [3.8, 4) is 5.75 Å². The summed E-state index contributed by atoms with van der Waals surface area (Å²) >= 11 is 0. The first kappa shape index (κ1) is 12.4. The Kier molecular flexibility index (Phi) is 3.40. The zero-order valence-corrected chi connectivity index (χ0v) is 10.5. The Morgan fingerprint density at radius 1 is 1.41 bits per heavy atom. The van der Waals surface area contributed by atoms with Crippen LogP contribution in [0.4, 0.5) is 0 Å².